The van der Waals surface area contributed by atoms with E-state index in [-0.39, 0.29) is 6.04 Å². The van der Waals surface area contributed by atoms with Crippen molar-refractivity contribution in [3.8, 4) is 0 Å². The normalized spacial score (nSPS) is 14.2. The van der Waals surface area contributed by atoms with Crippen LogP contribution >= 0.6 is 0 Å². The summed E-state index contributed by atoms with van der Waals surface area (Å²) >= 11 is 0. The predicted molar refractivity (Wildman–Crippen MR) is 57.4 cm³/mol. The number of hydrogen-bond acceptors (Lipinski definition) is 1. The molecule has 0 aliphatic carbocycles. The Bertz CT molecular complexity index is 246. The third-order valence-corrected chi connectivity index (χ3v) is 2.06. The van der Waals surface area contributed by atoms with Crippen LogP contribution in [-0.4, -0.2) is 0 Å². The van der Waals surface area contributed by atoms with E-state index >= 15 is 0 Å². The van der Waals surface area contributed by atoms with Crippen LogP contribution in [0, 0.1) is 5.41 Å². The van der Waals surface area contributed by atoms with E-state index < -0.39 is 0 Å². The maximum Gasteiger partial charge on any atom is 0.0299 e. The molecule has 0 aromatic heterocycles. The fourth-order valence-corrected chi connectivity index (χ4v) is 1.48. The van der Waals surface area contributed by atoms with Crippen molar-refractivity contribution in [3.05, 3.63) is 35.9 Å². The van der Waals surface area contributed by atoms with E-state index in [0.717, 1.165) is 6.42 Å². The summed E-state index contributed by atoms with van der Waals surface area (Å²) in [6, 6.07) is 10.5. The molecule has 1 nitrogen and oxygen atoms in total. The molecule has 1 aromatic rings. The summed E-state index contributed by atoms with van der Waals surface area (Å²) in [5, 5.41) is 0. The van der Waals surface area contributed by atoms with Gasteiger partial charge in [-0.25, -0.2) is 0 Å². The van der Waals surface area contributed by atoms with Gasteiger partial charge in [0.05, 0.1) is 0 Å². The van der Waals surface area contributed by atoms with E-state index in [0.29, 0.717) is 5.41 Å². The van der Waals surface area contributed by atoms with Crippen LogP contribution in [0.1, 0.15) is 38.8 Å². The molecule has 0 bridgehead atoms. The highest BCUT2D eigenvalue weighted by molar-refractivity contribution is 5.18. The van der Waals surface area contributed by atoms with E-state index in [1.807, 2.05) is 18.2 Å². The Kier molecular flexibility index (Phi) is 3.10. The average molecular weight is 177 g/mol. The molecule has 0 fully saturated rings. The maximum absolute atomic E-state index is 6.08. The fraction of sp³-hybridized carbons (Fsp3) is 0.500. The van der Waals surface area contributed by atoms with Crippen molar-refractivity contribution < 1.29 is 0 Å². The molecule has 1 heteroatoms. The maximum atomic E-state index is 6.08. The third kappa shape index (κ3) is 3.60. The van der Waals surface area contributed by atoms with Crippen molar-refractivity contribution in [2.45, 2.75) is 33.2 Å². The summed E-state index contributed by atoms with van der Waals surface area (Å²) < 4.78 is 0. The quantitative estimate of drug-likeness (QED) is 0.738. The van der Waals surface area contributed by atoms with E-state index in [9.17, 15) is 0 Å². The molecule has 0 amide bonds. The van der Waals surface area contributed by atoms with Crippen molar-refractivity contribution in [2.24, 2.45) is 11.1 Å². The van der Waals surface area contributed by atoms with Gasteiger partial charge < -0.3 is 5.73 Å². The van der Waals surface area contributed by atoms with Crippen LogP contribution in [-0.2, 0) is 0 Å². The highest BCUT2D eigenvalue weighted by Gasteiger charge is 2.16. The van der Waals surface area contributed by atoms with Gasteiger partial charge in [-0.15, -0.1) is 0 Å². The second-order valence-electron chi connectivity index (χ2n) is 4.78. The highest BCUT2D eigenvalue weighted by atomic mass is 14.6. The first-order valence-corrected chi connectivity index (χ1v) is 4.79. The van der Waals surface area contributed by atoms with Gasteiger partial charge in [0, 0.05) is 6.04 Å². The Morgan fingerprint density at radius 2 is 1.69 bits per heavy atom. The molecule has 1 aromatic carbocycles. The summed E-state index contributed by atoms with van der Waals surface area (Å²) in [6.45, 7) is 6.65. The number of benzene rings is 1. The number of rotatable bonds is 2. The second kappa shape index (κ2) is 3.93. The van der Waals surface area contributed by atoms with Crippen molar-refractivity contribution in [1.82, 2.24) is 0 Å². The lowest BCUT2D eigenvalue weighted by atomic mass is 9.86. The lowest BCUT2D eigenvalue weighted by Gasteiger charge is -2.23. The van der Waals surface area contributed by atoms with Gasteiger partial charge in [0.15, 0.2) is 0 Å². The zero-order chi connectivity index (χ0) is 9.90. The van der Waals surface area contributed by atoms with Gasteiger partial charge in [0.2, 0.25) is 0 Å². The largest absolute Gasteiger partial charge is 0.324 e. The van der Waals surface area contributed by atoms with Gasteiger partial charge in [-0.3, -0.25) is 0 Å². The molecule has 0 spiro atoms. The van der Waals surface area contributed by atoms with Crippen LogP contribution in [0.4, 0.5) is 0 Å². The van der Waals surface area contributed by atoms with Crippen molar-refractivity contribution in [1.29, 1.82) is 0 Å². The van der Waals surface area contributed by atoms with Crippen LogP contribution < -0.4 is 5.73 Å². The zero-order valence-electron chi connectivity index (χ0n) is 8.75. The van der Waals surface area contributed by atoms with Gasteiger partial charge in [-0.05, 0) is 17.4 Å². The first kappa shape index (κ1) is 10.3. The second-order valence-corrected chi connectivity index (χ2v) is 4.78. The Morgan fingerprint density at radius 3 is 2.15 bits per heavy atom. The summed E-state index contributed by atoms with van der Waals surface area (Å²) in [7, 11) is 0. The predicted octanol–water partition coefficient (Wildman–Crippen LogP) is 3.12. The van der Waals surface area contributed by atoms with E-state index in [1.54, 1.807) is 0 Å². The van der Waals surface area contributed by atoms with Crippen molar-refractivity contribution in [2.75, 3.05) is 0 Å². The third-order valence-electron chi connectivity index (χ3n) is 2.06. The number of hydrogen-bond donors (Lipinski definition) is 1. The Morgan fingerprint density at radius 1 is 1.15 bits per heavy atom. The van der Waals surface area contributed by atoms with Crippen molar-refractivity contribution in [3.63, 3.8) is 0 Å². The lowest BCUT2D eigenvalue weighted by molar-refractivity contribution is 0.343. The summed E-state index contributed by atoms with van der Waals surface area (Å²) in [6.07, 6.45) is 1.02. The topological polar surface area (TPSA) is 26.0 Å². The molecular weight excluding hydrogens is 158 g/mol. The molecule has 13 heavy (non-hydrogen) atoms. The Balaban J connectivity index is 2.64. The van der Waals surface area contributed by atoms with Gasteiger partial charge in [-0.1, -0.05) is 51.1 Å². The highest BCUT2D eigenvalue weighted by Crippen LogP contribution is 2.27. The molecule has 2 N–H and O–H groups in total. The molecule has 0 saturated carbocycles. The molecule has 0 aliphatic heterocycles. The van der Waals surface area contributed by atoms with Crippen LogP contribution in [0.5, 0.6) is 0 Å². The molecule has 0 saturated heterocycles. The van der Waals surface area contributed by atoms with Gasteiger partial charge >= 0.3 is 0 Å². The average Bonchev–Trinajstić information content (AvgIpc) is 2.03. The Labute approximate surface area is 81.0 Å². The van der Waals surface area contributed by atoms with Gasteiger partial charge in [-0.2, -0.15) is 0 Å². The monoisotopic (exact) mass is 177 g/mol. The molecule has 0 radical (unpaired) electrons. The summed E-state index contributed by atoms with van der Waals surface area (Å²) in [5.74, 6) is 0. The smallest absolute Gasteiger partial charge is 0.0299 e. The van der Waals surface area contributed by atoms with E-state index in [2.05, 4.69) is 32.9 Å². The van der Waals surface area contributed by atoms with Crippen LogP contribution in [0.2, 0.25) is 0 Å². The molecule has 0 heterocycles. The minimum atomic E-state index is 0.168. The molecule has 1 atom stereocenters. The molecule has 1 rings (SSSR count). The minimum Gasteiger partial charge on any atom is -0.324 e. The first-order valence-electron chi connectivity index (χ1n) is 4.79. The molecule has 72 valence electrons. The van der Waals surface area contributed by atoms with Gasteiger partial charge in [0.25, 0.3) is 0 Å². The van der Waals surface area contributed by atoms with Crippen LogP contribution in [0.25, 0.3) is 0 Å². The molecular formula is C12H19N. The zero-order valence-corrected chi connectivity index (χ0v) is 8.75. The first-order chi connectivity index (χ1) is 5.99. The minimum absolute atomic E-state index is 0.168. The summed E-state index contributed by atoms with van der Waals surface area (Å²) in [5.41, 5.74) is 7.62. The van der Waals surface area contributed by atoms with Crippen LogP contribution in [0.3, 0.4) is 0 Å². The fourth-order valence-electron chi connectivity index (χ4n) is 1.48. The van der Waals surface area contributed by atoms with E-state index in [4.69, 9.17) is 5.73 Å². The van der Waals surface area contributed by atoms with Crippen LogP contribution in [0.15, 0.2) is 30.3 Å². The SMILES string of the molecule is CC(C)(C)C[C@H](N)c1ccccc1. The summed E-state index contributed by atoms with van der Waals surface area (Å²) in [4.78, 5) is 0. The van der Waals surface area contributed by atoms with Gasteiger partial charge in [0.1, 0.15) is 0 Å². The van der Waals surface area contributed by atoms with Crippen molar-refractivity contribution >= 4 is 0 Å². The van der Waals surface area contributed by atoms with E-state index in [1.165, 1.54) is 5.56 Å². The lowest BCUT2D eigenvalue weighted by Crippen LogP contribution is -2.18. The Hall–Kier alpha value is -0.820. The molecule has 0 unspecified atom stereocenters. The standard InChI is InChI=1S/C12H19N/c1-12(2,3)9-11(13)10-7-5-4-6-8-10/h4-8,11H,9,13H2,1-3H3/t11-/m0/s1. The number of nitrogens with two attached hydrogens (primary N) is 1. The molecule has 0 aliphatic rings.